The minimum atomic E-state index is -0.0447. The van der Waals surface area contributed by atoms with Crippen molar-refractivity contribution in [1.29, 1.82) is 0 Å². The van der Waals surface area contributed by atoms with Gasteiger partial charge in [-0.25, -0.2) is 0 Å². The molecule has 3 aliphatic rings. The zero-order chi connectivity index (χ0) is 22.8. The second-order valence-corrected chi connectivity index (χ2v) is 12.0. The number of hydrogen-bond donors (Lipinski definition) is 2. The number of hydrogen-bond acceptors (Lipinski definition) is 3. The smallest absolute Gasteiger partial charge is 0.0632 e. The number of allylic oxidation sites excluding steroid dienone is 2. The number of nitrogens with zero attached hydrogens (tertiary/aromatic N) is 1. The molecule has 3 fully saturated rings. The van der Waals surface area contributed by atoms with Gasteiger partial charge < -0.3 is 10.3 Å². The van der Waals surface area contributed by atoms with Crippen LogP contribution >= 0.6 is 0 Å². The second-order valence-electron chi connectivity index (χ2n) is 12.0. The molecule has 0 aliphatic heterocycles. The third kappa shape index (κ3) is 4.50. The Hall–Kier alpha value is -0.830. The van der Waals surface area contributed by atoms with Crippen molar-refractivity contribution in [2.45, 2.75) is 99.3 Å². The van der Waals surface area contributed by atoms with E-state index in [-0.39, 0.29) is 12.0 Å². The number of fused-ring (bicyclic) bond motifs is 3. The quantitative estimate of drug-likeness (QED) is 0.240. The Morgan fingerprint density at radius 1 is 1.06 bits per heavy atom. The topological polar surface area (TPSA) is 52.8 Å². The molecule has 3 saturated carbocycles. The third-order valence-corrected chi connectivity index (χ3v) is 10.3. The molecule has 3 heteroatoms. The Morgan fingerprint density at radius 2 is 1.81 bits per heavy atom. The summed E-state index contributed by atoms with van der Waals surface area (Å²) in [5.41, 5.74) is 1.39. The summed E-state index contributed by atoms with van der Waals surface area (Å²) in [5.74, 6) is 5.00. The molecule has 1 unspecified atom stereocenters. The first-order valence-electron chi connectivity index (χ1n) is 13.2. The van der Waals surface area contributed by atoms with E-state index in [4.69, 9.17) is 0 Å². The summed E-state index contributed by atoms with van der Waals surface area (Å²) < 4.78 is 0. The largest absolute Gasteiger partial charge is 0.411 e. The van der Waals surface area contributed by atoms with Gasteiger partial charge in [0, 0.05) is 12.0 Å². The molecule has 0 heterocycles. The first kappa shape index (κ1) is 24.8. The van der Waals surface area contributed by atoms with Crippen LogP contribution in [0.25, 0.3) is 0 Å². The van der Waals surface area contributed by atoms with Crippen LogP contribution in [0.3, 0.4) is 0 Å². The first-order valence-corrected chi connectivity index (χ1v) is 13.2. The van der Waals surface area contributed by atoms with Crippen LogP contribution < -0.4 is 0 Å². The zero-order valence-corrected chi connectivity index (χ0v) is 21.1. The van der Waals surface area contributed by atoms with Crippen molar-refractivity contribution < 1.29 is 10.3 Å². The minimum Gasteiger partial charge on any atom is -0.411 e. The van der Waals surface area contributed by atoms with E-state index in [1.54, 1.807) is 0 Å². The second kappa shape index (κ2) is 9.98. The molecule has 0 radical (unpaired) electrons. The Morgan fingerprint density at radius 3 is 2.42 bits per heavy atom. The lowest BCUT2D eigenvalue weighted by atomic mass is 9.47. The molecule has 8 atom stereocenters. The normalized spacial score (nSPS) is 41.5. The lowest BCUT2D eigenvalue weighted by molar-refractivity contribution is -0.0418. The maximum Gasteiger partial charge on any atom is 0.0632 e. The summed E-state index contributed by atoms with van der Waals surface area (Å²) in [6.07, 6.45) is 15.5. The van der Waals surface area contributed by atoms with Crippen LogP contribution in [-0.2, 0) is 0 Å². The van der Waals surface area contributed by atoms with Gasteiger partial charge >= 0.3 is 0 Å². The highest BCUT2D eigenvalue weighted by Gasteiger charge is 2.59. The summed E-state index contributed by atoms with van der Waals surface area (Å²) in [7, 11) is 0. The number of rotatable bonds is 8. The van der Waals surface area contributed by atoms with E-state index in [1.165, 1.54) is 38.5 Å². The van der Waals surface area contributed by atoms with Crippen molar-refractivity contribution in [3.63, 3.8) is 0 Å². The first-order chi connectivity index (χ1) is 14.7. The summed E-state index contributed by atoms with van der Waals surface area (Å²) in [4.78, 5) is 0. The van der Waals surface area contributed by atoms with Crippen molar-refractivity contribution >= 4 is 5.71 Å². The Balaban J connectivity index is 1.79. The maximum atomic E-state index is 9.75. The summed E-state index contributed by atoms with van der Waals surface area (Å²) in [5, 5.41) is 23.0. The molecule has 3 rings (SSSR count). The van der Waals surface area contributed by atoms with Crippen LogP contribution in [0.15, 0.2) is 17.3 Å². The Kier molecular flexibility index (Phi) is 7.98. The summed E-state index contributed by atoms with van der Waals surface area (Å²) in [6, 6.07) is 0. The van der Waals surface area contributed by atoms with Gasteiger partial charge in [-0.2, -0.15) is 0 Å². The lowest BCUT2D eigenvalue weighted by Gasteiger charge is -2.57. The van der Waals surface area contributed by atoms with Crippen LogP contribution in [0.2, 0.25) is 0 Å². The standard InChI is InChI=1S/C28H49NO2/c1-7-21(19(2)3)10-9-20(4)23-12-13-24-22-11-14-26(29-31)28(6,16-8-18-30)25(22)15-17-27(23,24)5/h9-10,19-25,30-31H,7-8,11-18H2,1-6H3/b10-9+,29-26+/t20-,21?,22+,23-,24+,25+,27-,28-/m1/s1. The van der Waals surface area contributed by atoms with Crippen molar-refractivity contribution in [2.75, 3.05) is 6.61 Å². The van der Waals surface area contributed by atoms with Gasteiger partial charge in [0.25, 0.3) is 0 Å². The summed E-state index contributed by atoms with van der Waals surface area (Å²) in [6.45, 7) is 14.6. The highest BCUT2D eigenvalue weighted by Crippen LogP contribution is 2.65. The van der Waals surface area contributed by atoms with Crippen LogP contribution in [0.5, 0.6) is 0 Å². The molecule has 31 heavy (non-hydrogen) atoms. The van der Waals surface area contributed by atoms with Gasteiger partial charge in [-0.3, -0.25) is 0 Å². The van der Waals surface area contributed by atoms with Crippen LogP contribution in [-0.4, -0.2) is 22.6 Å². The van der Waals surface area contributed by atoms with E-state index in [2.05, 4.69) is 58.9 Å². The molecule has 0 bridgehead atoms. The molecular formula is C28H49NO2. The van der Waals surface area contributed by atoms with Crippen LogP contribution in [0, 0.1) is 52.3 Å². The van der Waals surface area contributed by atoms with Gasteiger partial charge in [0.2, 0.25) is 0 Å². The molecule has 3 nitrogen and oxygen atoms in total. The predicted octanol–water partition coefficient (Wildman–Crippen LogP) is 7.32. The Labute approximate surface area is 191 Å². The van der Waals surface area contributed by atoms with Crippen LogP contribution in [0.1, 0.15) is 99.3 Å². The highest BCUT2D eigenvalue weighted by atomic mass is 16.4. The van der Waals surface area contributed by atoms with Gasteiger partial charge in [0.05, 0.1) is 5.71 Å². The predicted molar refractivity (Wildman–Crippen MR) is 130 cm³/mol. The average Bonchev–Trinajstić information content (AvgIpc) is 3.10. The van der Waals surface area contributed by atoms with Gasteiger partial charge in [-0.05, 0) is 105 Å². The van der Waals surface area contributed by atoms with Crippen molar-refractivity contribution in [3.05, 3.63) is 12.2 Å². The number of oxime groups is 1. The highest BCUT2D eigenvalue weighted by molar-refractivity contribution is 5.90. The van der Waals surface area contributed by atoms with Crippen molar-refractivity contribution in [1.82, 2.24) is 0 Å². The fourth-order valence-corrected chi connectivity index (χ4v) is 8.41. The van der Waals surface area contributed by atoms with Gasteiger partial charge in [0.15, 0.2) is 0 Å². The Bertz CT molecular complexity index is 655. The van der Waals surface area contributed by atoms with E-state index in [0.717, 1.165) is 48.6 Å². The molecular weight excluding hydrogens is 382 g/mol. The fraction of sp³-hybridized carbons (Fsp3) is 0.893. The third-order valence-electron chi connectivity index (χ3n) is 10.3. The minimum absolute atomic E-state index is 0.0447. The molecule has 0 aromatic heterocycles. The molecule has 0 aromatic carbocycles. The van der Waals surface area contributed by atoms with Crippen LogP contribution in [0.4, 0.5) is 0 Å². The molecule has 178 valence electrons. The zero-order valence-electron chi connectivity index (χ0n) is 21.1. The maximum absolute atomic E-state index is 9.75. The van der Waals surface area contributed by atoms with E-state index in [0.29, 0.717) is 23.2 Å². The number of aliphatic hydroxyl groups excluding tert-OH is 1. The molecule has 0 saturated heterocycles. The molecule has 0 amide bonds. The summed E-state index contributed by atoms with van der Waals surface area (Å²) >= 11 is 0. The van der Waals surface area contributed by atoms with Gasteiger partial charge in [-0.1, -0.05) is 58.9 Å². The van der Waals surface area contributed by atoms with E-state index in [9.17, 15) is 10.3 Å². The van der Waals surface area contributed by atoms with Crippen molar-refractivity contribution in [2.24, 2.45) is 57.4 Å². The molecule has 0 aromatic rings. The van der Waals surface area contributed by atoms with Crippen molar-refractivity contribution in [3.8, 4) is 0 Å². The SMILES string of the molecule is CCC(/C=C/[C@@H](C)[C@H]1CC[C@H]2[C@@H]3CC/C(=N\O)[C@](C)(CCCO)[C@H]3CC[C@]12C)C(C)C. The van der Waals surface area contributed by atoms with E-state index < -0.39 is 0 Å². The van der Waals surface area contributed by atoms with Gasteiger partial charge in [0.1, 0.15) is 0 Å². The number of aliphatic hydroxyl groups is 1. The van der Waals surface area contributed by atoms with E-state index in [1.807, 2.05) is 0 Å². The molecule has 0 spiro atoms. The fourth-order valence-electron chi connectivity index (χ4n) is 8.41. The van der Waals surface area contributed by atoms with E-state index >= 15 is 0 Å². The van der Waals surface area contributed by atoms with Gasteiger partial charge in [-0.15, -0.1) is 0 Å². The molecule has 3 aliphatic carbocycles. The monoisotopic (exact) mass is 431 g/mol. The molecule has 2 N–H and O–H groups in total. The lowest BCUT2D eigenvalue weighted by Crippen LogP contribution is -2.52. The average molecular weight is 432 g/mol.